The van der Waals surface area contributed by atoms with E-state index in [1.165, 1.54) is 12.8 Å². The van der Waals surface area contributed by atoms with Crippen LogP contribution in [0.25, 0.3) is 0 Å². The molecule has 1 amide bonds. The van der Waals surface area contributed by atoms with Crippen LogP contribution in [0.1, 0.15) is 33.1 Å². The van der Waals surface area contributed by atoms with Crippen LogP contribution in [0.15, 0.2) is 0 Å². The van der Waals surface area contributed by atoms with Gasteiger partial charge >= 0.3 is 0 Å². The van der Waals surface area contributed by atoms with E-state index in [9.17, 15) is 4.79 Å². The fraction of sp³-hybridized carbons (Fsp3) is 0.917. The number of rotatable bonds is 3. The number of hydrogen-bond donors (Lipinski definition) is 1. The lowest BCUT2D eigenvalue weighted by atomic mass is 10.1. The van der Waals surface area contributed by atoms with E-state index in [0.717, 1.165) is 19.5 Å². The van der Waals surface area contributed by atoms with Crippen molar-refractivity contribution in [1.29, 1.82) is 0 Å². The predicted molar refractivity (Wildman–Crippen MR) is 60.5 cm³/mol. The second-order valence-corrected chi connectivity index (χ2v) is 5.63. The lowest BCUT2D eigenvalue weighted by Gasteiger charge is -2.25. The van der Waals surface area contributed by atoms with Gasteiger partial charge in [0.2, 0.25) is 5.91 Å². The van der Waals surface area contributed by atoms with Crippen molar-refractivity contribution in [3.05, 3.63) is 0 Å². The first kappa shape index (κ1) is 10.9. The zero-order valence-corrected chi connectivity index (χ0v) is 10.0. The monoisotopic (exact) mass is 210 g/mol. The second-order valence-electron chi connectivity index (χ2n) is 5.63. The molecule has 0 radical (unpaired) electrons. The number of likely N-dealkylation sites (tertiary alicyclic amines) is 1. The Morgan fingerprint density at radius 3 is 2.73 bits per heavy atom. The predicted octanol–water partition coefficient (Wildman–Crippen LogP) is 1.24. The van der Waals surface area contributed by atoms with E-state index >= 15 is 0 Å². The van der Waals surface area contributed by atoms with Crippen LogP contribution in [0, 0.1) is 11.3 Å². The number of nitrogens with one attached hydrogen (secondary N) is 1. The summed E-state index contributed by atoms with van der Waals surface area (Å²) in [5.41, 5.74) is 0.268. The first-order chi connectivity index (χ1) is 7.06. The summed E-state index contributed by atoms with van der Waals surface area (Å²) in [5, 5.41) is 3.18. The smallest absolute Gasteiger partial charge is 0.226 e. The van der Waals surface area contributed by atoms with Crippen molar-refractivity contribution < 1.29 is 4.79 Å². The third-order valence-corrected chi connectivity index (χ3v) is 3.91. The van der Waals surface area contributed by atoms with E-state index in [2.05, 4.69) is 24.1 Å². The highest BCUT2D eigenvalue weighted by atomic mass is 16.2. The highest BCUT2D eigenvalue weighted by molar-refractivity contribution is 5.83. The van der Waals surface area contributed by atoms with Crippen molar-refractivity contribution in [2.24, 2.45) is 11.3 Å². The molecule has 0 aromatic rings. The van der Waals surface area contributed by atoms with Gasteiger partial charge in [-0.2, -0.15) is 0 Å². The third kappa shape index (κ3) is 2.03. The Bertz CT molecular complexity index is 262. The lowest BCUT2D eigenvalue weighted by Crippen LogP contribution is -2.42. The van der Waals surface area contributed by atoms with E-state index in [-0.39, 0.29) is 5.41 Å². The molecule has 2 aliphatic rings. The van der Waals surface area contributed by atoms with Crippen LogP contribution in [0.2, 0.25) is 0 Å². The van der Waals surface area contributed by atoms with E-state index < -0.39 is 0 Å². The van der Waals surface area contributed by atoms with Crippen molar-refractivity contribution in [2.45, 2.75) is 39.2 Å². The molecule has 2 unspecified atom stereocenters. The quantitative estimate of drug-likeness (QED) is 0.760. The maximum absolute atomic E-state index is 12.2. The number of carbonyl (C=O) groups is 1. The van der Waals surface area contributed by atoms with Gasteiger partial charge in [-0.15, -0.1) is 0 Å². The summed E-state index contributed by atoms with van der Waals surface area (Å²) in [6, 6.07) is 0.443. The summed E-state index contributed by atoms with van der Waals surface area (Å²) in [6.45, 7) is 6.30. The summed E-state index contributed by atoms with van der Waals surface area (Å²) in [6.07, 6.45) is 3.42. The summed E-state index contributed by atoms with van der Waals surface area (Å²) >= 11 is 0. The van der Waals surface area contributed by atoms with Crippen LogP contribution in [0.4, 0.5) is 0 Å². The van der Waals surface area contributed by atoms with Gasteiger partial charge in [-0.25, -0.2) is 0 Å². The Kier molecular flexibility index (Phi) is 2.75. The molecule has 0 aromatic heterocycles. The molecule has 1 N–H and O–H groups in total. The molecule has 1 aliphatic heterocycles. The number of likely N-dealkylation sites (N-methyl/N-ethyl adjacent to an activating group) is 1. The third-order valence-electron chi connectivity index (χ3n) is 3.91. The molecule has 3 heteroatoms. The minimum Gasteiger partial charge on any atom is -0.338 e. The number of nitrogens with zero attached hydrogens (tertiary/aromatic N) is 1. The molecule has 0 bridgehead atoms. The van der Waals surface area contributed by atoms with Crippen molar-refractivity contribution in [1.82, 2.24) is 10.2 Å². The van der Waals surface area contributed by atoms with E-state index in [0.29, 0.717) is 17.9 Å². The summed E-state index contributed by atoms with van der Waals surface area (Å²) in [5.74, 6) is 0.702. The van der Waals surface area contributed by atoms with Crippen LogP contribution >= 0.6 is 0 Å². The fourth-order valence-electron chi connectivity index (χ4n) is 2.66. The number of hydrogen-bond acceptors (Lipinski definition) is 2. The summed E-state index contributed by atoms with van der Waals surface area (Å²) in [4.78, 5) is 14.3. The van der Waals surface area contributed by atoms with E-state index in [1.54, 1.807) is 0 Å². The van der Waals surface area contributed by atoms with Crippen LogP contribution in [-0.4, -0.2) is 37.0 Å². The zero-order valence-electron chi connectivity index (χ0n) is 10.0. The molecule has 3 nitrogen and oxygen atoms in total. The van der Waals surface area contributed by atoms with Gasteiger partial charge in [0.15, 0.2) is 0 Å². The summed E-state index contributed by atoms with van der Waals surface area (Å²) < 4.78 is 0. The molecule has 1 saturated carbocycles. The zero-order chi connectivity index (χ0) is 11.1. The number of amides is 1. The fourth-order valence-corrected chi connectivity index (χ4v) is 2.66. The van der Waals surface area contributed by atoms with Crippen molar-refractivity contribution in [3.8, 4) is 0 Å². The first-order valence-corrected chi connectivity index (χ1v) is 6.01. The minimum atomic E-state index is 0.268. The average molecular weight is 210 g/mol. The van der Waals surface area contributed by atoms with E-state index in [1.807, 2.05) is 7.05 Å². The van der Waals surface area contributed by atoms with Crippen LogP contribution in [-0.2, 0) is 4.79 Å². The maximum Gasteiger partial charge on any atom is 0.226 e. The van der Waals surface area contributed by atoms with Crippen LogP contribution in [0.5, 0.6) is 0 Å². The van der Waals surface area contributed by atoms with Crippen molar-refractivity contribution >= 4 is 5.91 Å². The SMILES string of the molecule is CNCC1CCCN1C(=O)C1CC1(C)C. The molecule has 2 rings (SSSR count). The molecule has 2 atom stereocenters. The van der Waals surface area contributed by atoms with E-state index in [4.69, 9.17) is 0 Å². The van der Waals surface area contributed by atoms with Gasteiger partial charge in [-0.1, -0.05) is 13.8 Å². The van der Waals surface area contributed by atoms with Gasteiger partial charge in [0, 0.05) is 25.0 Å². The Morgan fingerprint density at radius 1 is 1.53 bits per heavy atom. The first-order valence-electron chi connectivity index (χ1n) is 6.01. The van der Waals surface area contributed by atoms with Crippen LogP contribution in [0.3, 0.4) is 0 Å². The largest absolute Gasteiger partial charge is 0.338 e. The molecule has 86 valence electrons. The van der Waals surface area contributed by atoms with Crippen molar-refractivity contribution in [3.63, 3.8) is 0 Å². The molecule has 0 spiro atoms. The molecule has 1 aliphatic carbocycles. The van der Waals surface area contributed by atoms with Gasteiger partial charge in [-0.05, 0) is 31.7 Å². The standard InChI is InChI=1S/C12H22N2O/c1-12(2)7-10(12)11(15)14-6-4-5-9(14)8-13-3/h9-10,13H,4-8H2,1-3H3. The molecular weight excluding hydrogens is 188 g/mol. The van der Waals surface area contributed by atoms with Gasteiger partial charge in [0.25, 0.3) is 0 Å². The lowest BCUT2D eigenvalue weighted by molar-refractivity contribution is -0.134. The second kappa shape index (κ2) is 3.78. The molecule has 2 fully saturated rings. The normalized spacial score (nSPS) is 33.1. The number of carbonyl (C=O) groups excluding carboxylic acids is 1. The Morgan fingerprint density at radius 2 is 2.20 bits per heavy atom. The highest BCUT2D eigenvalue weighted by Crippen LogP contribution is 2.52. The Labute approximate surface area is 92.2 Å². The minimum absolute atomic E-state index is 0.268. The molecule has 0 aromatic carbocycles. The van der Waals surface area contributed by atoms with Gasteiger partial charge < -0.3 is 10.2 Å². The average Bonchev–Trinajstić information content (AvgIpc) is 2.63. The summed E-state index contributed by atoms with van der Waals surface area (Å²) in [7, 11) is 1.96. The molecule has 1 heterocycles. The topological polar surface area (TPSA) is 32.3 Å². The maximum atomic E-state index is 12.2. The Hall–Kier alpha value is -0.570. The van der Waals surface area contributed by atoms with Crippen molar-refractivity contribution in [2.75, 3.05) is 20.1 Å². The van der Waals surface area contributed by atoms with Gasteiger partial charge in [0.05, 0.1) is 0 Å². The molecule has 15 heavy (non-hydrogen) atoms. The highest BCUT2D eigenvalue weighted by Gasteiger charge is 2.52. The van der Waals surface area contributed by atoms with Gasteiger partial charge in [-0.3, -0.25) is 4.79 Å². The molecule has 1 saturated heterocycles. The van der Waals surface area contributed by atoms with Gasteiger partial charge in [0.1, 0.15) is 0 Å². The Balaban J connectivity index is 1.95. The van der Waals surface area contributed by atoms with Crippen LogP contribution < -0.4 is 5.32 Å². The molecular formula is C12H22N2O.